The molecular weight excluding hydrogens is 306 g/mol. The van der Waals surface area contributed by atoms with E-state index in [0.29, 0.717) is 24.9 Å². The van der Waals surface area contributed by atoms with Gasteiger partial charge in [0.15, 0.2) is 5.82 Å². The first kappa shape index (κ1) is 16.1. The van der Waals surface area contributed by atoms with Gasteiger partial charge in [-0.3, -0.25) is 4.98 Å². The Bertz CT molecular complexity index is 801. The Kier molecular flexibility index (Phi) is 4.81. The molecule has 0 unspecified atom stereocenters. The Morgan fingerprint density at radius 1 is 1.21 bits per heavy atom. The predicted molar refractivity (Wildman–Crippen MR) is 89.3 cm³/mol. The van der Waals surface area contributed by atoms with Crippen LogP contribution < -0.4 is 4.90 Å². The Hall–Kier alpha value is -2.80. The van der Waals surface area contributed by atoms with Gasteiger partial charge in [0.05, 0.1) is 17.8 Å². The molecule has 0 radical (unpaired) electrons. The van der Waals surface area contributed by atoms with Crippen molar-refractivity contribution in [3.8, 4) is 11.5 Å². The minimum atomic E-state index is 0.321. The molecule has 0 spiro atoms. The Balaban J connectivity index is 1.72. The van der Waals surface area contributed by atoms with Crippen LogP contribution in [-0.4, -0.2) is 34.3 Å². The number of anilines is 1. The number of aromatic nitrogens is 4. The number of hydrogen-bond acceptors (Lipinski definition) is 7. The molecule has 124 valence electrons. The number of methoxy groups -OCH3 is 1. The van der Waals surface area contributed by atoms with Crippen LogP contribution in [0.5, 0.6) is 0 Å². The van der Waals surface area contributed by atoms with E-state index in [0.717, 1.165) is 22.6 Å². The van der Waals surface area contributed by atoms with E-state index in [9.17, 15) is 0 Å². The third-order valence-electron chi connectivity index (χ3n) is 3.63. The first-order valence-electron chi connectivity index (χ1n) is 7.57. The Morgan fingerprint density at radius 2 is 2.08 bits per heavy atom. The summed E-state index contributed by atoms with van der Waals surface area (Å²) in [5, 5.41) is 3.85. The van der Waals surface area contributed by atoms with Crippen LogP contribution in [0.1, 0.15) is 17.1 Å². The third kappa shape index (κ3) is 3.57. The molecule has 0 aromatic carbocycles. The molecule has 7 nitrogen and oxygen atoms in total. The molecule has 3 aromatic rings. The smallest absolute Gasteiger partial charge is 0.259 e. The molecule has 3 rings (SSSR count). The second-order valence-electron chi connectivity index (χ2n) is 5.48. The molecule has 24 heavy (non-hydrogen) atoms. The third-order valence-corrected chi connectivity index (χ3v) is 3.63. The average molecular weight is 325 g/mol. The van der Waals surface area contributed by atoms with E-state index in [1.54, 1.807) is 19.5 Å². The fourth-order valence-corrected chi connectivity index (χ4v) is 2.29. The maximum atomic E-state index is 5.21. The van der Waals surface area contributed by atoms with Crippen LogP contribution in [0, 0.1) is 6.92 Å². The van der Waals surface area contributed by atoms with E-state index in [1.165, 1.54) is 0 Å². The minimum Gasteiger partial charge on any atom is -0.377 e. The summed E-state index contributed by atoms with van der Waals surface area (Å²) in [6.45, 7) is 3.07. The lowest BCUT2D eigenvalue weighted by atomic mass is 10.2. The largest absolute Gasteiger partial charge is 0.377 e. The molecule has 3 aromatic heterocycles. The van der Waals surface area contributed by atoms with Crippen LogP contribution in [0.25, 0.3) is 11.5 Å². The van der Waals surface area contributed by atoms with Crippen molar-refractivity contribution in [2.24, 2.45) is 0 Å². The van der Waals surface area contributed by atoms with Crippen LogP contribution in [0.2, 0.25) is 0 Å². The predicted octanol–water partition coefficient (Wildman–Crippen LogP) is 2.62. The highest BCUT2D eigenvalue weighted by atomic mass is 16.5. The Labute approximate surface area is 140 Å². The molecule has 0 aliphatic carbocycles. The van der Waals surface area contributed by atoms with Crippen LogP contribution in [0.4, 0.5) is 5.82 Å². The molecule has 0 aliphatic rings. The lowest BCUT2D eigenvalue weighted by Crippen LogP contribution is -2.19. The first-order valence-corrected chi connectivity index (χ1v) is 7.57. The first-order chi connectivity index (χ1) is 11.7. The molecule has 0 amide bonds. The van der Waals surface area contributed by atoms with Crippen molar-refractivity contribution in [2.75, 3.05) is 19.1 Å². The van der Waals surface area contributed by atoms with Crippen molar-refractivity contribution >= 4 is 5.82 Å². The summed E-state index contributed by atoms with van der Waals surface area (Å²) in [7, 11) is 3.57. The van der Waals surface area contributed by atoms with E-state index >= 15 is 0 Å². The lowest BCUT2D eigenvalue weighted by Gasteiger charge is -2.18. The Morgan fingerprint density at radius 3 is 2.79 bits per heavy atom. The second-order valence-corrected chi connectivity index (χ2v) is 5.48. The fourth-order valence-electron chi connectivity index (χ4n) is 2.29. The van der Waals surface area contributed by atoms with Gasteiger partial charge < -0.3 is 14.2 Å². The number of aryl methyl sites for hydroxylation is 1. The van der Waals surface area contributed by atoms with Gasteiger partial charge in [0, 0.05) is 26.6 Å². The van der Waals surface area contributed by atoms with Crippen LogP contribution in [0.15, 0.2) is 41.2 Å². The number of pyridine rings is 2. The molecule has 0 saturated carbocycles. The summed E-state index contributed by atoms with van der Waals surface area (Å²) >= 11 is 0. The highest BCUT2D eigenvalue weighted by Crippen LogP contribution is 2.20. The maximum Gasteiger partial charge on any atom is 0.259 e. The van der Waals surface area contributed by atoms with E-state index in [-0.39, 0.29) is 0 Å². The number of ether oxygens (including phenoxy) is 1. The molecule has 7 heteroatoms. The van der Waals surface area contributed by atoms with Crippen LogP contribution in [0.3, 0.4) is 0 Å². The van der Waals surface area contributed by atoms with Gasteiger partial charge in [0.2, 0.25) is 0 Å². The quantitative estimate of drug-likeness (QED) is 0.689. The highest BCUT2D eigenvalue weighted by molar-refractivity contribution is 5.54. The molecule has 3 heterocycles. The van der Waals surface area contributed by atoms with E-state index in [1.807, 2.05) is 30.1 Å². The zero-order valence-corrected chi connectivity index (χ0v) is 13.9. The van der Waals surface area contributed by atoms with Gasteiger partial charge >= 0.3 is 0 Å². The number of rotatable bonds is 6. The normalized spacial score (nSPS) is 10.8. The molecule has 0 bridgehead atoms. The van der Waals surface area contributed by atoms with Crippen molar-refractivity contribution < 1.29 is 9.26 Å². The lowest BCUT2D eigenvalue weighted by molar-refractivity contribution is 0.174. The monoisotopic (exact) mass is 325 g/mol. The molecule has 0 atom stereocenters. The summed E-state index contributed by atoms with van der Waals surface area (Å²) in [5.41, 5.74) is 2.97. The second kappa shape index (κ2) is 7.18. The molecule has 0 fully saturated rings. The van der Waals surface area contributed by atoms with Gasteiger partial charge in [0.1, 0.15) is 12.4 Å². The van der Waals surface area contributed by atoms with Gasteiger partial charge in [-0.05, 0) is 30.7 Å². The van der Waals surface area contributed by atoms with Gasteiger partial charge in [-0.15, -0.1) is 0 Å². The summed E-state index contributed by atoms with van der Waals surface area (Å²) in [6.07, 6.45) is 3.53. The minimum absolute atomic E-state index is 0.321. The van der Waals surface area contributed by atoms with Gasteiger partial charge in [-0.2, -0.15) is 4.98 Å². The molecular formula is C17H19N5O2. The summed E-state index contributed by atoms with van der Waals surface area (Å²) in [5.74, 6) is 1.80. The fraction of sp³-hybridized carbons (Fsp3) is 0.294. The van der Waals surface area contributed by atoms with Crippen molar-refractivity contribution in [3.63, 3.8) is 0 Å². The topological polar surface area (TPSA) is 77.2 Å². The SMILES string of the molecule is COCc1noc(-c2ccc(N(C)Cc3ncccc3C)nc2)n1. The zero-order chi connectivity index (χ0) is 16.9. The van der Waals surface area contributed by atoms with Crippen molar-refractivity contribution in [3.05, 3.63) is 53.7 Å². The molecule has 0 N–H and O–H groups in total. The van der Waals surface area contributed by atoms with Crippen molar-refractivity contribution in [1.82, 2.24) is 20.1 Å². The molecule has 0 aliphatic heterocycles. The molecule has 0 saturated heterocycles. The number of nitrogens with zero attached hydrogens (tertiary/aromatic N) is 5. The van der Waals surface area contributed by atoms with Crippen molar-refractivity contribution in [1.29, 1.82) is 0 Å². The average Bonchev–Trinajstić information content (AvgIpc) is 3.06. The highest BCUT2D eigenvalue weighted by Gasteiger charge is 2.11. The summed E-state index contributed by atoms with van der Waals surface area (Å²) in [6, 6.07) is 7.83. The summed E-state index contributed by atoms with van der Waals surface area (Å²) in [4.78, 5) is 15.2. The zero-order valence-electron chi connectivity index (χ0n) is 13.9. The number of hydrogen-bond donors (Lipinski definition) is 0. The van der Waals surface area contributed by atoms with E-state index in [2.05, 4.69) is 33.1 Å². The standard InChI is InChI=1S/C17H19N5O2/c1-12-5-4-8-18-14(12)10-22(2)16-7-6-13(9-19-16)17-20-15(11-23-3)21-24-17/h4-9H,10-11H2,1-3H3. The summed E-state index contributed by atoms with van der Waals surface area (Å²) < 4.78 is 10.2. The maximum absolute atomic E-state index is 5.21. The van der Waals surface area contributed by atoms with Crippen molar-refractivity contribution in [2.45, 2.75) is 20.1 Å². The van der Waals surface area contributed by atoms with Gasteiger partial charge in [-0.25, -0.2) is 4.98 Å². The van der Waals surface area contributed by atoms with E-state index in [4.69, 9.17) is 9.26 Å². The van der Waals surface area contributed by atoms with Gasteiger partial charge in [-0.1, -0.05) is 11.2 Å². The van der Waals surface area contributed by atoms with Crippen LogP contribution in [-0.2, 0) is 17.9 Å². The van der Waals surface area contributed by atoms with Gasteiger partial charge in [0.25, 0.3) is 5.89 Å². The van der Waals surface area contributed by atoms with Crippen LogP contribution >= 0.6 is 0 Å². The van der Waals surface area contributed by atoms with E-state index < -0.39 is 0 Å².